The maximum absolute atomic E-state index is 0. The van der Waals surface area contributed by atoms with Crippen LogP contribution in [0.4, 0.5) is 0 Å². The Balaban J connectivity index is 0. The van der Waals surface area contributed by atoms with Gasteiger partial charge in [-0.3, -0.25) is 0 Å². The summed E-state index contributed by atoms with van der Waals surface area (Å²) in [6.07, 6.45) is 0. The van der Waals surface area contributed by atoms with Crippen molar-refractivity contribution >= 4 is 0 Å². The number of hydrogen-bond acceptors (Lipinski definition) is 0. The fourth-order valence-corrected chi connectivity index (χ4v) is 0. The largest absolute Gasteiger partial charge is 0.358 e. The van der Waals surface area contributed by atoms with E-state index in [-0.39, 0.29) is 2260 Å². The van der Waals surface area contributed by atoms with E-state index in [2.05, 4.69) is 0 Å². The molecule has 0 aliphatic carbocycles. The van der Waals surface area contributed by atoms with Gasteiger partial charge in [0.1, 0.15) is 0 Å². The van der Waals surface area contributed by atoms with Gasteiger partial charge in [0, 0.05) is 2260 Å². The van der Waals surface area contributed by atoms with Crippen LogP contribution < -0.4 is 0 Å². The van der Waals surface area contributed by atoms with Crippen LogP contribution in [-0.2, 0) is 2260 Å². The van der Waals surface area contributed by atoms with Gasteiger partial charge in [-0.05, 0) is 0 Å². The van der Waals surface area contributed by atoms with Crippen molar-refractivity contribution in [2.75, 3.05) is 0 Å². The smallest absolute Gasteiger partial charge is 0 e. The molecule has 0 aromatic rings. The van der Waals surface area contributed by atoms with Crippen LogP contribution in [0.1, 0.15) is 0 Å². The third-order valence-corrected chi connectivity index (χ3v) is 0. The summed E-state index contributed by atoms with van der Waals surface area (Å²) in [6, 6.07) is 0. The first kappa shape index (κ1) is 531. The molecule has 0 N–H and O–H groups in total. The molecule has 0 saturated carbocycles. The fraction of sp³-hybridized carbons (Fsp3) is 0. The molecule has 0 nitrogen and oxygen atoms in total. The van der Waals surface area contributed by atoms with E-state index in [0.717, 1.165) is 0 Å². The molecule has 215 valence electrons. The van der Waals surface area contributed by atoms with Gasteiger partial charge in [-0.2, -0.15) is 0 Å². The van der Waals surface area contributed by atoms with Gasteiger partial charge in [0.05, 0.1) is 0 Å². The maximum atomic E-state index is 0. The van der Waals surface area contributed by atoms with E-state index in [0.29, 0.717) is 0 Å². The molecule has 0 unspecified atom stereocenters. The van der Waals surface area contributed by atoms with Crippen LogP contribution in [0.15, 0.2) is 0 Å². The molecule has 69 heteroatoms. The average molecular weight is 6150 g/mol. The maximum Gasteiger partial charge on any atom is 0 e. The van der Waals surface area contributed by atoms with Gasteiger partial charge in [-0.25, -0.2) is 0 Å². The van der Waals surface area contributed by atoms with Crippen LogP contribution >= 0.6 is 0 Å². The first-order valence-electron chi connectivity index (χ1n) is 0. The van der Waals surface area contributed by atoms with E-state index in [1.54, 1.807) is 0 Å². The van der Waals surface area contributed by atoms with Gasteiger partial charge in [0.2, 0.25) is 0 Å². The number of hydrogen-bond donors (Lipinski definition) is 0. The SMILES string of the molecule is [CH3-].[Y].[Y].[Y].[Y].[Y].[Y].[Y].[Y].[Y].[Y].[Y].[Y].[Y].[Y].[Y].[Y].[Y].[Y].[Y].[Y].[Y].[Y].[Y].[Y].[Y].[Y].[Y].[Y].[Y].[Y].[Y].[Y].[Y].[Y].[Y].[Y].[Y].[Y].[Y].[Y].[Y].[Y].[Y].[Y].[Y].[Y].[Y].[Y].[Y].[Y].[Y].[Y].[Y].[Y].[Y].[Y].[Y].[Y].[Y].[Y].[Y].[Y].[Y].[Y].[Y].[Y].[Y].[Y].[Y]. The van der Waals surface area contributed by atoms with Gasteiger partial charge in [0.15, 0.2) is 0 Å². The Morgan fingerprint density at radius 2 is 0.0286 bits per heavy atom. The van der Waals surface area contributed by atoms with Crippen LogP contribution in [0.5, 0.6) is 0 Å². The Morgan fingerprint density at radius 1 is 0.0286 bits per heavy atom. The second kappa shape index (κ2) is 520. The van der Waals surface area contributed by atoms with Gasteiger partial charge >= 0.3 is 0 Å². The van der Waals surface area contributed by atoms with Crippen LogP contribution in [0.25, 0.3) is 0 Å². The monoisotopic (exact) mass is 6150 g/mol. The van der Waals surface area contributed by atoms with Crippen LogP contribution in [0.3, 0.4) is 0 Å². The Morgan fingerprint density at radius 3 is 0.0286 bits per heavy atom. The Hall–Kier alpha value is 76.2. The quantitative estimate of drug-likeness (QED) is 0.307. The molecule has 0 heterocycles. The molecule has 0 spiro atoms. The molecule has 69 radical (unpaired) electrons. The second-order valence-electron chi connectivity index (χ2n) is 0. The summed E-state index contributed by atoms with van der Waals surface area (Å²) in [5.41, 5.74) is 0. The summed E-state index contributed by atoms with van der Waals surface area (Å²) in [5.74, 6) is 0. The minimum absolute atomic E-state index is 0. The van der Waals surface area contributed by atoms with E-state index in [9.17, 15) is 0 Å². The summed E-state index contributed by atoms with van der Waals surface area (Å²) in [4.78, 5) is 0. The van der Waals surface area contributed by atoms with E-state index in [1.165, 1.54) is 0 Å². The minimum atomic E-state index is 0. The molecule has 0 atom stereocenters. The third-order valence-electron chi connectivity index (χ3n) is 0. The molecule has 0 saturated heterocycles. The molecule has 0 aromatic carbocycles. The molecular formula is CH3Y69-. The second-order valence-corrected chi connectivity index (χ2v) is 0. The van der Waals surface area contributed by atoms with Crippen molar-refractivity contribution in [3.8, 4) is 0 Å². The summed E-state index contributed by atoms with van der Waals surface area (Å²) in [7, 11) is 0. The van der Waals surface area contributed by atoms with Gasteiger partial charge in [-0.15, -0.1) is 0 Å². The zero-order chi connectivity index (χ0) is 0. The Bertz CT molecular complexity index is 7.56. The Kier molecular flexibility index (Phi) is 3940. The van der Waals surface area contributed by atoms with Crippen LogP contribution in [0, 0.1) is 7.43 Å². The van der Waals surface area contributed by atoms with Crippen molar-refractivity contribution < 1.29 is 2260 Å². The molecule has 0 fully saturated rings. The molecular weight excluding hydrogens is 6150 g/mol. The van der Waals surface area contributed by atoms with Crippen molar-refractivity contribution in [1.82, 2.24) is 0 Å². The molecule has 0 bridgehead atoms. The first-order valence-corrected chi connectivity index (χ1v) is 0. The van der Waals surface area contributed by atoms with Crippen molar-refractivity contribution in [3.63, 3.8) is 0 Å². The van der Waals surface area contributed by atoms with E-state index >= 15 is 0 Å². The fourth-order valence-electron chi connectivity index (χ4n) is 0. The molecule has 0 aliphatic rings. The molecule has 70 heavy (non-hydrogen) atoms. The molecule has 0 aliphatic heterocycles. The van der Waals surface area contributed by atoms with E-state index < -0.39 is 0 Å². The first-order chi connectivity index (χ1) is 0. The summed E-state index contributed by atoms with van der Waals surface area (Å²) in [6.45, 7) is 0. The summed E-state index contributed by atoms with van der Waals surface area (Å²) >= 11 is 0. The van der Waals surface area contributed by atoms with Crippen LogP contribution in [0.2, 0.25) is 0 Å². The standard InChI is InChI=1S/CH3.69Y/h1H3;;;;;;;;;;;;;;;;;;;;;;;;;;;;;;;;;;;;;;;;;;;;;;;;;;;;;;;;;;;;;;;;;;;;;/q-1;;;;;;;;;;;;;;;;;;;;;;;;;;;;;;;;;;;;;;;;;;;;;;;;;;;;;;;;;;;;;;;;;;;;;. The zero-order valence-electron chi connectivity index (χ0n) is 40.8. The van der Waals surface area contributed by atoms with Crippen molar-refractivity contribution in [2.45, 2.75) is 0 Å². The predicted molar refractivity (Wildman–Crippen MR) is 6.41 cm³/mol. The number of rotatable bonds is 0. The average Bonchev–Trinajstić information content (AvgIpc) is 0. The van der Waals surface area contributed by atoms with Crippen LogP contribution in [-0.4, -0.2) is 0 Å². The predicted octanol–water partition coefficient (Wildman–Crippen LogP) is 0.278. The minimum Gasteiger partial charge on any atom is -0.358 e. The van der Waals surface area contributed by atoms with Crippen molar-refractivity contribution in [1.29, 1.82) is 0 Å². The molecule has 0 rings (SSSR count). The summed E-state index contributed by atoms with van der Waals surface area (Å²) < 4.78 is 0. The van der Waals surface area contributed by atoms with E-state index in [1.807, 2.05) is 0 Å². The molecule has 0 aromatic heterocycles. The zero-order valence-corrected chi connectivity index (χ0v) is 237. The topological polar surface area (TPSA) is 0 Å². The normalized spacial score (nSPS) is 0. The molecule has 0 amide bonds. The van der Waals surface area contributed by atoms with Crippen molar-refractivity contribution in [2.24, 2.45) is 0 Å². The Labute approximate surface area is 2170 Å². The van der Waals surface area contributed by atoms with E-state index in [4.69, 9.17) is 0 Å². The van der Waals surface area contributed by atoms with Gasteiger partial charge in [0.25, 0.3) is 0 Å². The van der Waals surface area contributed by atoms with Gasteiger partial charge < -0.3 is 7.43 Å². The summed E-state index contributed by atoms with van der Waals surface area (Å²) in [5, 5.41) is 0. The van der Waals surface area contributed by atoms with Crippen molar-refractivity contribution in [3.05, 3.63) is 7.43 Å². The van der Waals surface area contributed by atoms with Gasteiger partial charge in [-0.1, -0.05) is 0 Å². The third kappa shape index (κ3) is 509.